The lowest BCUT2D eigenvalue weighted by Crippen LogP contribution is -2.28. The van der Waals surface area contributed by atoms with E-state index in [4.69, 9.17) is 4.74 Å². The minimum absolute atomic E-state index is 0.0131. The molecule has 8 N–H and O–H groups in total. The number of allylic oxidation sites excluding steroid dienone is 1. The number of carboxylic acid groups (broad SMARTS) is 1. The second kappa shape index (κ2) is 15.5. The Morgan fingerprint density at radius 2 is 1.38 bits per heavy atom. The van der Waals surface area contributed by atoms with Crippen molar-refractivity contribution in [2.24, 2.45) is 0 Å². The van der Waals surface area contributed by atoms with Crippen LogP contribution in [0.1, 0.15) is 54.9 Å². The van der Waals surface area contributed by atoms with Gasteiger partial charge in [-0.25, -0.2) is 9.59 Å². The Morgan fingerprint density at radius 1 is 0.729 bits per heavy atom. The number of phenolic OH excluding ortho intramolecular Hbond substituents is 7. The summed E-state index contributed by atoms with van der Waals surface area (Å²) in [7, 11) is 0. The van der Waals surface area contributed by atoms with E-state index < -0.39 is 41.0 Å². The standard InChI is InChI=1S/C37H36O11/c1-2-3-4-6-23(18-36(45)48-35(37(46)47)14-21-9-12-29(39)30(40)13-21)28-20-34(44)32(42)17-25(28)11-10-24-16-31(41)33(43)19-27(24)22-7-5-8-26(38)15-22/h5,7-13,15-20,35,38-44H,2-4,6,14H2,1H3,(H,46,47)/t35-/m1/s1. The van der Waals surface area contributed by atoms with Crippen LogP contribution in [0.5, 0.6) is 40.2 Å². The molecule has 11 nitrogen and oxygen atoms in total. The fraction of sp³-hybridized carbons (Fsp3) is 0.189. The normalized spacial score (nSPS) is 12.2. The van der Waals surface area contributed by atoms with Gasteiger partial charge < -0.3 is 45.6 Å². The van der Waals surface area contributed by atoms with Crippen molar-refractivity contribution in [3.05, 3.63) is 95.1 Å². The van der Waals surface area contributed by atoms with E-state index >= 15 is 0 Å². The summed E-state index contributed by atoms with van der Waals surface area (Å²) in [6.45, 7) is 1.99. The van der Waals surface area contributed by atoms with Crippen LogP contribution < -0.4 is 0 Å². The third-order valence-electron chi connectivity index (χ3n) is 7.58. The number of carboxylic acids is 1. The lowest BCUT2D eigenvalue weighted by molar-refractivity contribution is -0.160. The highest BCUT2D eigenvalue weighted by atomic mass is 16.6. The second-order valence-electron chi connectivity index (χ2n) is 11.2. The Kier molecular flexibility index (Phi) is 11.2. The van der Waals surface area contributed by atoms with Gasteiger partial charge in [-0.05, 0) is 100 Å². The molecule has 4 aromatic carbocycles. The molecule has 0 aliphatic heterocycles. The van der Waals surface area contributed by atoms with Crippen LogP contribution in [0.2, 0.25) is 0 Å². The van der Waals surface area contributed by atoms with E-state index in [9.17, 15) is 50.4 Å². The molecule has 0 aliphatic rings. The minimum atomic E-state index is -1.62. The van der Waals surface area contributed by atoms with Crippen molar-refractivity contribution < 1.29 is 55.2 Å². The number of benzene rings is 4. The van der Waals surface area contributed by atoms with E-state index in [1.165, 1.54) is 54.6 Å². The van der Waals surface area contributed by atoms with Gasteiger partial charge in [-0.1, -0.05) is 50.1 Å². The van der Waals surface area contributed by atoms with Gasteiger partial charge in [0.2, 0.25) is 6.10 Å². The van der Waals surface area contributed by atoms with Crippen molar-refractivity contribution in [2.75, 3.05) is 0 Å². The molecule has 0 amide bonds. The van der Waals surface area contributed by atoms with Crippen LogP contribution in [-0.2, 0) is 20.7 Å². The summed E-state index contributed by atoms with van der Waals surface area (Å²) in [4.78, 5) is 25.2. The maximum absolute atomic E-state index is 13.2. The van der Waals surface area contributed by atoms with Gasteiger partial charge in [-0.3, -0.25) is 0 Å². The first-order valence-corrected chi connectivity index (χ1v) is 15.1. The van der Waals surface area contributed by atoms with Crippen molar-refractivity contribution in [1.29, 1.82) is 0 Å². The zero-order chi connectivity index (χ0) is 35.0. The molecule has 0 radical (unpaired) electrons. The third-order valence-corrected chi connectivity index (χ3v) is 7.58. The number of phenols is 7. The number of unbranched alkanes of at least 4 members (excludes halogenated alkanes) is 2. The molecule has 0 saturated carbocycles. The summed E-state index contributed by atoms with van der Waals surface area (Å²) in [5, 5.41) is 80.4. The molecular formula is C37H36O11. The van der Waals surface area contributed by atoms with Crippen molar-refractivity contribution in [1.82, 2.24) is 0 Å². The van der Waals surface area contributed by atoms with E-state index in [-0.39, 0.29) is 23.7 Å². The predicted molar refractivity (Wildman–Crippen MR) is 179 cm³/mol. The van der Waals surface area contributed by atoms with Crippen LogP contribution in [0.4, 0.5) is 0 Å². The molecule has 0 fully saturated rings. The smallest absolute Gasteiger partial charge is 0.345 e. The monoisotopic (exact) mass is 656 g/mol. The van der Waals surface area contributed by atoms with Gasteiger partial charge in [0.25, 0.3) is 0 Å². The molecular weight excluding hydrogens is 620 g/mol. The van der Waals surface area contributed by atoms with Crippen LogP contribution in [0.25, 0.3) is 28.9 Å². The highest BCUT2D eigenvalue weighted by Crippen LogP contribution is 2.38. The fourth-order valence-corrected chi connectivity index (χ4v) is 5.10. The first kappa shape index (κ1) is 34.8. The van der Waals surface area contributed by atoms with Gasteiger partial charge in [0.05, 0.1) is 0 Å². The van der Waals surface area contributed by atoms with Gasteiger partial charge in [-0.2, -0.15) is 0 Å². The summed E-state index contributed by atoms with van der Waals surface area (Å²) in [6, 6.07) is 15.3. The number of carbonyl (C=O) groups excluding carboxylic acids is 1. The first-order valence-electron chi connectivity index (χ1n) is 15.1. The first-order chi connectivity index (χ1) is 22.9. The molecule has 250 valence electrons. The van der Waals surface area contributed by atoms with Gasteiger partial charge in [-0.15, -0.1) is 0 Å². The molecule has 48 heavy (non-hydrogen) atoms. The summed E-state index contributed by atoms with van der Waals surface area (Å²) in [5.41, 5.74) is 2.81. The lowest BCUT2D eigenvalue weighted by Gasteiger charge is -2.16. The Morgan fingerprint density at radius 3 is 2.04 bits per heavy atom. The SMILES string of the molecule is CCCCCC(=CC(=O)O[C@H](Cc1ccc(O)c(O)c1)C(=O)O)c1cc(O)c(O)cc1C=Cc1cc(O)c(O)cc1-c1cccc(O)c1. The molecule has 0 aromatic heterocycles. The Hall–Kier alpha value is -6.10. The minimum Gasteiger partial charge on any atom is -0.508 e. The van der Waals surface area contributed by atoms with E-state index in [2.05, 4.69) is 0 Å². The number of esters is 1. The maximum Gasteiger partial charge on any atom is 0.345 e. The Labute approximate surface area is 276 Å². The molecule has 0 spiro atoms. The average molecular weight is 657 g/mol. The maximum atomic E-state index is 13.2. The van der Waals surface area contributed by atoms with Crippen molar-refractivity contribution in [2.45, 2.75) is 45.1 Å². The van der Waals surface area contributed by atoms with Crippen LogP contribution in [0, 0.1) is 0 Å². The highest BCUT2D eigenvalue weighted by Gasteiger charge is 2.23. The zero-order valence-corrected chi connectivity index (χ0v) is 26.0. The summed E-state index contributed by atoms with van der Waals surface area (Å²) in [5.74, 6) is -4.95. The quantitative estimate of drug-likeness (QED) is 0.0251. The lowest BCUT2D eigenvalue weighted by atomic mass is 9.92. The zero-order valence-electron chi connectivity index (χ0n) is 26.0. The van der Waals surface area contributed by atoms with Crippen LogP contribution in [0.3, 0.4) is 0 Å². The number of aliphatic carboxylic acids is 1. The molecule has 0 aliphatic carbocycles. The van der Waals surface area contributed by atoms with E-state index in [0.717, 1.165) is 18.9 Å². The molecule has 0 unspecified atom stereocenters. The summed E-state index contributed by atoms with van der Waals surface area (Å²) < 4.78 is 5.31. The molecule has 4 aromatic rings. The summed E-state index contributed by atoms with van der Waals surface area (Å²) >= 11 is 0. The highest BCUT2D eigenvalue weighted by molar-refractivity contribution is 5.95. The Bertz CT molecular complexity index is 1870. The third kappa shape index (κ3) is 8.79. The number of ether oxygens (including phenoxy) is 1. The molecule has 0 bridgehead atoms. The molecule has 1 atom stereocenters. The van der Waals surface area contributed by atoms with Crippen molar-refractivity contribution >= 4 is 29.7 Å². The van der Waals surface area contributed by atoms with Crippen LogP contribution in [-0.4, -0.2) is 58.9 Å². The number of hydrogen-bond donors (Lipinski definition) is 8. The number of rotatable bonds is 13. The molecule has 0 heterocycles. The van der Waals surface area contributed by atoms with Crippen LogP contribution in [0.15, 0.2) is 72.8 Å². The fourth-order valence-electron chi connectivity index (χ4n) is 5.10. The predicted octanol–water partition coefficient (Wildman–Crippen LogP) is 6.67. The summed E-state index contributed by atoms with van der Waals surface area (Å²) in [6.07, 6.45) is 4.98. The van der Waals surface area contributed by atoms with Gasteiger partial charge in [0.1, 0.15) is 5.75 Å². The van der Waals surface area contributed by atoms with Crippen molar-refractivity contribution in [3.63, 3.8) is 0 Å². The Balaban J connectivity index is 1.74. The average Bonchev–Trinajstić information content (AvgIpc) is 3.03. The second-order valence-corrected chi connectivity index (χ2v) is 11.2. The van der Waals surface area contributed by atoms with Crippen LogP contribution >= 0.6 is 0 Å². The topological polar surface area (TPSA) is 205 Å². The molecule has 4 rings (SSSR count). The van der Waals surface area contributed by atoms with E-state index in [0.29, 0.717) is 51.8 Å². The number of aromatic hydroxyl groups is 7. The van der Waals surface area contributed by atoms with Gasteiger partial charge >= 0.3 is 11.9 Å². The number of carbonyl (C=O) groups is 2. The van der Waals surface area contributed by atoms with E-state index in [1.54, 1.807) is 24.3 Å². The van der Waals surface area contributed by atoms with Gasteiger partial charge in [0.15, 0.2) is 34.5 Å². The van der Waals surface area contributed by atoms with E-state index in [1.807, 2.05) is 6.92 Å². The van der Waals surface area contributed by atoms with Crippen molar-refractivity contribution in [3.8, 4) is 51.4 Å². The molecule has 11 heteroatoms. The number of hydrogen-bond acceptors (Lipinski definition) is 10. The van der Waals surface area contributed by atoms with Gasteiger partial charge in [0, 0.05) is 12.5 Å². The largest absolute Gasteiger partial charge is 0.508 e. The molecule has 0 saturated heterocycles.